The highest BCUT2D eigenvalue weighted by Gasteiger charge is 2.32. The Hall–Kier alpha value is -2.07. The molecule has 0 fully saturated rings. The van der Waals surface area contributed by atoms with E-state index in [0.717, 1.165) is 6.07 Å². The molecule has 0 heterocycles. The lowest BCUT2D eigenvalue weighted by Crippen LogP contribution is -2.23. The standard InChI is InChI=1S/C11H13F3N2O5/c1-6-2-8(21-11(12,13)14)3-9(16(19)20)10(6)15-4-7(18)5-17/h2-3,7,15,17-18H,4-5H2,1H3. The van der Waals surface area contributed by atoms with Crippen molar-refractivity contribution in [2.75, 3.05) is 18.5 Å². The van der Waals surface area contributed by atoms with Gasteiger partial charge in [0.15, 0.2) is 0 Å². The Morgan fingerprint density at radius 2 is 2.10 bits per heavy atom. The average molecular weight is 310 g/mol. The maximum Gasteiger partial charge on any atom is 0.573 e. The first-order valence-corrected chi connectivity index (χ1v) is 5.71. The molecule has 7 nitrogen and oxygen atoms in total. The number of anilines is 1. The van der Waals surface area contributed by atoms with E-state index < -0.39 is 35.4 Å². The van der Waals surface area contributed by atoms with Gasteiger partial charge in [-0.2, -0.15) is 0 Å². The zero-order chi connectivity index (χ0) is 16.2. The Morgan fingerprint density at radius 3 is 2.57 bits per heavy atom. The van der Waals surface area contributed by atoms with E-state index >= 15 is 0 Å². The number of alkyl halides is 3. The molecule has 0 radical (unpaired) electrons. The topological polar surface area (TPSA) is 105 Å². The van der Waals surface area contributed by atoms with Crippen molar-refractivity contribution < 1.29 is 33.0 Å². The molecule has 1 atom stereocenters. The van der Waals surface area contributed by atoms with Gasteiger partial charge in [0.2, 0.25) is 0 Å². The normalized spacial score (nSPS) is 12.9. The van der Waals surface area contributed by atoms with Crippen LogP contribution in [0.1, 0.15) is 5.56 Å². The van der Waals surface area contributed by atoms with Crippen molar-refractivity contribution in [3.63, 3.8) is 0 Å². The number of hydrogen-bond acceptors (Lipinski definition) is 6. The van der Waals surface area contributed by atoms with Gasteiger partial charge < -0.3 is 20.3 Å². The Bertz CT molecular complexity index is 521. The molecule has 3 N–H and O–H groups in total. The van der Waals surface area contributed by atoms with Crippen molar-refractivity contribution in [3.05, 3.63) is 27.8 Å². The third kappa shape index (κ3) is 5.08. The fraction of sp³-hybridized carbons (Fsp3) is 0.455. The summed E-state index contributed by atoms with van der Waals surface area (Å²) in [6, 6.07) is 1.61. The number of aliphatic hydroxyl groups excluding tert-OH is 2. The van der Waals surface area contributed by atoms with Gasteiger partial charge in [-0.15, -0.1) is 13.2 Å². The van der Waals surface area contributed by atoms with Crippen molar-refractivity contribution in [2.24, 2.45) is 0 Å². The van der Waals surface area contributed by atoms with Gasteiger partial charge in [-0.25, -0.2) is 0 Å². The van der Waals surface area contributed by atoms with Crippen LogP contribution in [0, 0.1) is 17.0 Å². The van der Waals surface area contributed by atoms with E-state index in [9.17, 15) is 28.4 Å². The molecule has 1 aromatic carbocycles. The van der Waals surface area contributed by atoms with Crippen LogP contribution in [0.5, 0.6) is 5.75 Å². The van der Waals surface area contributed by atoms with Crippen molar-refractivity contribution in [1.29, 1.82) is 0 Å². The number of halogens is 3. The van der Waals surface area contributed by atoms with E-state index in [0.29, 0.717) is 6.07 Å². The van der Waals surface area contributed by atoms with Gasteiger partial charge in [-0.3, -0.25) is 10.1 Å². The molecule has 0 spiro atoms. The van der Waals surface area contributed by atoms with Crippen LogP contribution < -0.4 is 10.1 Å². The third-order valence-electron chi connectivity index (χ3n) is 2.44. The highest BCUT2D eigenvalue weighted by Crippen LogP contribution is 2.35. The quantitative estimate of drug-likeness (QED) is 0.544. The number of nitrogens with one attached hydrogen (secondary N) is 1. The number of nitro groups is 1. The number of ether oxygens (including phenoxy) is 1. The summed E-state index contributed by atoms with van der Waals surface area (Å²) in [6.07, 6.45) is -6.11. The fourth-order valence-corrected chi connectivity index (χ4v) is 1.59. The molecule has 0 saturated carbocycles. The van der Waals surface area contributed by atoms with Gasteiger partial charge in [-0.05, 0) is 18.6 Å². The molecule has 0 aliphatic rings. The van der Waals surface area contributed by atoms with E-state index in [2.05, 4.69) is 10.1 Å². The summed E-state index contributed by atoms with van der Waals surface area (Å²) in [6.45, 7) is 0.594. The highest BCUT2D eigenvalue weighted by molar-refractivity contribution is 5.68. The SMILES string of the molecule is Cc1cc(OC(F)(F)F)cc([N+](=O)[O-])c1NCC(O)CO. The minimum Gasteiger partial charge on any atom is -0.406 e. The first-order chi connectivity index (χ1) is 9.64. The summed E-state index contributed by atoms with van der Waals surface area (Å²) in [5.41, 5.74) is -0.546. The summed E-state index contributed by atoms with van der Waals surface area (Å²) in [7, 11) is 0. The summed E-state index contributed by atoms with van der Waals surface area (Å²) in [5.74, 6) is -0.708. The molecule has 1 aromatic rings. The van der Waals surface area contributed by atoms with Gasteiger partial charge in [-0.1, -0.05) is 0 Å². The molecular formula is C11H13F3N2O5. The minimum atomic E-state index is -4.96. The molecule has 0 saturated heterocycles. The second-order valence-electron chi connectivity index (χ2n) is 4.16. The second kappa shape index (κ2) is 6.59. The van der Waals surface area contributed by atoms with Gasteiger partial charge >= 0.3 is 6.36 Å². The van der Waals surface area contributed by atoms with E-state index in [1.807, 2.05) is 0 Å². The van der Waals surface area contributed by atoms with E-state index in [1.165, 1.54) is 6.92 Å². The summed E-state index contributed by atoms with van der Waals surface area (Å²) >= 11 is 0. The number of hydrogen-bond donors (Lipinski definition) is 3. The van der Waals surface area contributed by atoms with Gasteiger partial charge in [0.25, 0.3) is 5.69 Å². The predicted molar refractivity (Wildman–Crippen MR) is 66.1 cm³/mol. The molecular weight excluding hydrogens is 297 g/mol. The maximum absolute atomic E-state index is 12.1. The smallest absolute Gasteiger partial charge is 0.406 e. The zero-order valence-electron chi connectivity index (χ0n) is 10.8. The van der Waals surface area contributed by atoms with Crippen LogP contribution in [0.25, 0.3) is 0 Å². The first kappa shape index (κ1) is 17.0. The molecule has 10 heteroatoms. The Labute approximate surface area is 117 Å². The van der Waals surface area contributed by atoms with Crippen molar-refractivity contribution in [2.45, 2.75) is 19.4 Å². The summed E-state index contributed by atoms with van der Waals surface area (Å²) < 4.78 is 40.1. The van der Waals surface area contributed by atoms with E-state index in [1.54, 1.807) is 0 Å². The van der Waals surface area contributed by atoms with Crippen LogP contribution in [0.15, 0.2) is 12.1 Å². The predicted octanol–water partition coefficient (Wildman–Crippen LogP) is 1.57. The van der Waals surface area contributed by atoms with Crippen molar-refractivity contribution >= 4 is 11.4 Å². The van der Waals surface area contributed by atoms with Crippen LogP contribution in [0.3, 0.4) is 0 Å². The van der Waals surface area contributed by atoms with Crippen LogP contribution in [0.4, 0.5) is 24.5 Å². The molecule has 21 heavy (non-hydrogen) atoms. The largest absolute Gasteiger partial charge is 0.573 e. The number of benzene rings is 1. The summed E-state index contributed by atoms with van der Waals surface area (Å²) in [5, 5.41) is 31.3. The molecule has 1 unspecified atom stereocenters. The van der Waals surface area contributed by atoms with Crippen molar-refractivity contribution in [1.82, 2.24) is 0 Å². The second-order valence-corrected chi connectivity index (χ2v) is 4.16. The van der Waals surface area contributed by atoms with E-state index in [4.69, 9.17) is 5.11 Å². The minimum absolute atomic E-state index is 0.0537. The van der Waals surface area contributed by atoms with Gasteiger partial charge in [0.1, 0.15) is 11.4 Å². The molecule has 0 aromatic heterocycles. The van der Waals surface area contributed by atoms with Crippen molar-refractivity contribution in [3.8, 4) is 5.75 Å². The summed E-state index contributed by atoms with van der Waals surface area (Å²) in [4.78, 5) is 10.1. The molecule has 1 rings (SSSR count). The Kier molecular flexibility index (Phi) is 5.33. The number of nitrogens with zero attached hydrogens (tertiary/aromatic N) is 1. The first-order valence-electron chi connectivity index (χ1n) is 5.71. The van der Waals surface area contributed by atoms with Crippen LogP contribution in [-0.2, 0) is 0 Å². The highest BCUT2D eigenvalue weighted by atomic mass is 19.4. The lowest BCUT2D eigenvalue weighted by molar-refractivity contribution is -0.384. The van der Waals surface area contributed by atoms with Crippen LogP contribution in [-0.4, -0.2) is 40.8 Å². The Balaban J connectivity index is 3.10. The fourth-order valence-electron chi connectivity index (χ4n) is 1.59. The van der Waals surface area contributed by atoms with Crippen LogP contribution >= 0.6 is 0 Å². The number of aryl methyl sites for hydroxylation is 1. The molecule has 118 valence electrons. The third-order valence-corrected chi connectivity index (χ3v) is 2.44. The average Bonchev–Trinajstić information content (AvgIpc) is 2.34. The number of aliphatic hydroxyl groups is 2. The van der Waals surface area contributed by atoms with Crippen LogP contribution in [0.2, 0.25) is 0 Å². The van der Waals surface area contributed by atoms with Gasteiger partial charge in [0.05, 0.1) is 23.7 Å². The van der Waals surface area contributed by atoms with E-state index in [-0.39, 0.29) is 17.8 Å². The molecule has 0 aliphatic heterocycles. The van der Waals surface area contributed by atoms with Gasteiger partial charge in [0, 0.05) is 6.54 Å². The lowest BCUT2D eigenvalue weighted by atomic mass is 10.1. The molecule has 0 amide bonds. The zero-order valence-corrected chi connectivity index (χ0v) is 10.8. The monoisotopic (exact) mass is 310 g/mol. The molecule has 0 aliphatic carbocycles. The maximum atomic E-state index is 12.1. The molecule has 0 bridgehead atoms. The number of rotatable bonds is 6. The lowest BCUT2D eigenvalue weighted by Gasteiger charge is -2.15. The number of nitro benzene ring substituents is 1. The Morgan fingerprint density at radius 1 is 1.48 bits per heavy atom.